The van der Waals surface area contributed by atoms with Gasteiger partial charge in [0, 0.05) is 13.7 Å². The van der Waals surface area contributed by atoms with Crippen molar-refractivity contribution >= 4 is 15.7 Å². The number of nitrogens with two attached hydrogens (primary N) is 1. The van der Waals surface area contributed by atoms with E-state index in [0.29, 0.717) is 13.0 Å². The molecule has 0 aliphatic heterocycles. The highest BCUT2D eigenvalue weighted by molar-refractivity contribution is 7.92. The number of methoxy groups -OCH3 is 1. The van der Waals surface area contributed by atoms with Gasteiger partial charge in [-0.15, -0.1) is 0 Å². The van der Waals surface area contributed by atoms with Crippen LogP contribution in [-0.4, -0.2) is 34.4 Å². The van der Waals surface area contributed by atoms with Gasteiger partial charge in [0.05, 0.1) is 23.5 Å². The second-order valence-corrected chi connectivity index (χ2v) is 5.81. The van der Waals surface area contributed by atoms with Gasteiger partial charge >= 0.3 is 0 Å². The molecule has 0 spiro atoms. The van der Waals surface area contributed by atoms with Crippen LogP contribution in [-0.2, 0) is 14.8 Å². The Bertz CT molecular complexity index is 606. The first-order valence-electron chi connectivity index (χ1n) is 5.96. The van der Waals surface area contributed by atoms with Crippen LogP contribution in [0.3, 0.4) is 0 Å². The average Bonchev–Trinajstić information content (AvgIpc) is 2.37. The van der Waals surface area contributed by atoms with E-state index in [1.54, 1.807) is 0 Å². The first-order chi connectivity index (χ1) is 9.48. The van der Waals surface area contributed by atoms with E-state index in [2.05, 4.69) is 16.6 Å². The third-order valence-electron chi connectivity index (χ3n) is 2.33. The van der Waals surface area contributed by atoms with E-state index >= 15 is 0 Å². The van der Waals surface area contributed by atoms with Crippen LogP contribution in [0, 0.1) is 17.7 Å². The maximum atomic E-state index is 13.7. The molecule has 0 radical (unpaired) electrons. The van der Waals surface area contributed by atoms with Gasteiger partial charge in [0.2, 0.25) is 10.0 Å². The van der Waals surface area contributed by atoms with Crippen molar-refractivity contribution in [2.75, 3.05) is 30.7 Å². The summed E-state index contributed by atoms with van der Waals surface area (Å²) in [7, 11) is -2.01. The number of nitrogens with one attached hydrogen (secondary N) is 1. The highest BCUT2D eigenvalue weighted by Gasteiger charge is 2.11. The van der Waals surface area contributed by atoms with Crippen molar-refractivity contribution in [2.24, 2.45) is 5.73 Å². The predicted molar refractivity (Wildman–Crippen MR) is 76.2 cm³/mol. The largest absolute Gasteiger partial charge is 0.385 e. The van der Waals surface area contributed by atoms with Crippen molar-refractivity contribution in [1.82, 2.24) is 0 Å². The lowest BCUT2D eigenvalue weighted by Gasteiger charge is -2.08. The van der Waals surface area contributed by atoms with E-state index in [9.17, 15) is 12.8 Å². The fourth-order valence-corrected chi connectivity index (χ4v) is 2.54. The summed E-state index contributed by atoms with van der Waals surface area (Å²) in [6, 6.07) is 3.96. The summed E-state index contributed by atoms with van der Waals surface area (Å²) < 4.78 is 44.2. The summed E-state index contributed by atoms with van der Waals surface area (Å²) in [5.41, 5.74) is 5.54. The van der Waals surface area contributed by atoms with Gasteiger partial charge in [0.1, 0.15) is 5.82 Å². The number of hydrogen-bond donors (Lipinski definition) is 2. The Labute approximate surface area is 118 Å². The highest BCUT2D eigenvalue weighted by Crippen LogP contribution is 2.15. The van der Waals surface area contributed by atoms with E-state index in [4.69, 9.17) is 10.5 Å². The van der Waals surface area contributed by atoms with Crippen molar-refractivity contribution in [2.45, 2.75) is 6.42 Å². The topological polar surface area (TPSA) is 81.4 Å². The molecule has 0 saturated carbocycles. The molecule has 1 rings (SSSR count). The van der Waals surface area contributed by atoms with Crippen LogP contribution in [0.25, 0.3) is 0 Å². The minimum atomic E-state index is -3.51. The summed E-state index contributed by atoms with van der Waals surface area (Å²) in [5, 5.41) is 0. The van der Waals surface area contributed by atoms with Gasteiger partial charge in [-0.2, -0.15) is 0 Å². The average molecular weight is 300 g/mol. The van der Waals surface area contributed by atoms with Gasteiger partial charge in [0.15, 0.2) is 0 Å². The SMILES string of the molecule is COCCCS(=O)(=O)Nc1ccc(C#CCN)c(F)c1. The fraction of sp³-hybridized carbons (Fsp3) is 0.385. The molecule has 7 heteroatoms. The van der Waals surface area contributed by atoms with E-state index in [-0.39, 0.29) is 23.5 Å². The van der Waals surface area contributed by atoms with Crippen molar-refractivity contribution < 1.29 is 17.5 Å². The molecule has 0 fully saturated rings. The normalized spacial score (nSPS) is 10.8. The van der Waals surface area contributed by atoms with E-state index in [1.807, 2.05) is 0 Å². The third-order valence-corrected chi connectivity index (χ3v) is 3.70. The molecule has 1 aromatic rings. The molecule has 0 aliphatic carbocycles. The summed E-state index contributed by atoms with van der Waals surface area (Å²) in [6.45, 7) is 0.482. The number of halogens is 1. The summed E-state index contributed by atoms with van der Waals surface area (Å²) in [5.74, 6) is 4.41. The minimum absolute atomic E-state index is 0.0861. The standard InChI is InChI=1S/C13H17FN2O3S/c1-19-8-3-9-20(17,18)16-12-6-5-11(4-2-7-15)13(14)10-12/h5-6,10,16H,3,7-9,15H2,1H3. The maximum absolute atomic E-state index is 13.7. The maximum Gasteiger partial charge on any atom is 0.232 e. The molecule has 5 nitrogen and oxygen atoms in total. The van der Waals surface area contributed by atoms with Crippen molar-refractivity contribution in [1.29, 1.82) is 0 Å². The van der Waals surface area contributed by atoms with Crippen LogP contribution in [0.15, 0.2) is 18.2 Å². The molecule has 0 amide bonds. The van der Waals surface area contributed by atoms with Crippen LogP contribution in [0.2, 0.25) is 0 Å². The van der Waals surface area contributed by atoms with Crippen LogP contribution in [0.1, 0.15) is 12.0 Å². The van der Waals surface area contributed by atoms with Crippen molar-refractivity contribution in [3.8, 4) is 11.8 Å². The molecule has 0 aromatic heterocycles. The Balaban J connectivity index is 2.76. The van der Waals surface area contributed by atoms with Gasteiger partial charge in [-0.05, 0) is 24.6 Å². The van der Waals surface area contributed by atoms with E-state index in [0.717, 1.165) is 6.07 Å². The second-order valence-electron chi connectivity index (χ2n) is 3.97. The number of hydrogen-bond acceptors (Lipinski definition) is 4. The Morgan fingerprint density at radius 2 is 2.20 bits per heavy atom. The molecular weight excluding hydrogens is 283 g/mol. The third kappa shape index (κ3) is 5.57. The Morgan fingerprint density at radius 1 is 1.45 bits per heavy atom. The smallest absolute Gasteiger partial charge is 0.232 e. The first kappa shape index (κ1) is 16.4. The lowest BCUT2D eigenvalue weighted by Crippen LogP contribution is -2.17. The zero-order valence-electron chi connectivity index (χ0n) is 11.1. The number of sulfonamides is 1. The zero-order chi connectivity index (χ0) is 15.0. The lowest BCUT2D eigenvalue weighted by molar-refractivity contribution is 0.199. The van der Waals surface area contributed by atoms with Crippen LogP contribution in [0.5, 0.6) is 0 Å². The van der Waals surface area contributed by atoms with Gasteiger partial charge in [0.25, 0.3) is 0 Å². The Kier molecular flexibility index (Phi) is 6.45. The lowest BCUT2D eigenvalue weighted by atomic mass is 10.2. The van der Waals surface area contributed by atoms with Crippen molar-refractivity contribution in [3.63, 3.8) is 0 Å². The highest BCUT2D eigenvalue weighted by atomic mass is 32.2. The molecule has 0 saturated heterocycles. The molecule has 0 heterocycles. The van der Waals surface area contributed by atoms with Crippen LogP contribution < -0.4 is 10.5 Å². The monoisotopic (exact) mass is 300 g/mol. The molecule has 0 atom stereocenters. The number of anilines is 1. The van der Waals surface area contributed by atoms with E-state index in [1.165, 1.54) is 19.2 Å². The molecule has 0 bridgehead atoms. The predicted octanol–water partition coefficient (Wildman–Crippen LogP) is 0.914. The van der Waals surface area contributed by atoms with Crippen LogP contribution in [0.4, 0.5) is 10.1 Å². The Hall–Kier alpha value is -1.62. The fourth-order valence-electron chi connectivity index (χ4n) is 1.45. The molecule has 0 aliphatic rings. The number of rotatable bonds is 6. The second kappa shape index (κ2) is 7.85. The summed E-state index contributed by atoms with van der Waals surface area (Å²) >= 11 is 0. The van der Waals surface area contributed by atoms with Crippen molar-refractivity contribution in [3.05, 3.63) is 29.6 Å². The first-order valence-corrected chi connectivity index (χ1v) is 7.61. The number of benzene rings is 1. The van der Waals surface area contributed by atoms with Gasteiger partial charge < -0.3 is 10.5 Å². The zero-order valence-corrected chi connectivity index (χ0v) is 12.0. The molecule has 3 N–H and O–H groups in total. The molecule has 110 valence electrons. The summed E-state index contributed by atoms with van der Waals surface area (Å²) in [4.78, 5) is 0. The van der Waals surface area contributed by atoms with E-state index < -0.39 is 15.8 Å². The molecule has 0 unspecified atom stereocenters. The molecular formula is C13H17FN2O3S. The Morgan fingerprint density at radius 3 is 2.80 bits per heavy atom. The molecule has 20 heavy (non-hydrogen) atoms. The molecule has 1 aromatic carbocycles. The van der Waals surface area contributed by atoms with Gasteiger partial charge in [-0.25, -0.2) is 12.8 Å². The van der Waals surface area contributed by atoms with Gasteiger partial charge in [-0.3, -0.25) is 4.72 Å². The summed E-state index contributed by atoms with van der Waals surface area (Å²) in [6.07, 6.45) is 0.369. The quantitative estimate of drug-likeness (QED) is 0.604. The number of ether oxygens (including phenoxy) is 1. The minimum Gasteiger partial charge on any atom is -0.385 e. The van der Waals surface area contributed by atoms with Gasteiger partial charge in [-0.1, -0.05) is 11.8 Å². The van der Waals surface area contributed by atoms with Crippen LogP contribution >= 0.6 is 0 Å².